The van der Waals surface area contributed by atoms with Gasteiger partial charge in [0.25, 0.3) is 0 Å². The topological polar surface area (TPSA) is 60.2 Å². The predicted molar refractivity (Wildman–Crippen MR) is 50.3 cm³/mol. The molecule has 0 atom stereocenters. The molecule has 3 nitrogen and oxygen atoms in total. The predicted octanol–water partition coefficient (Wildman–Crippen LogP) is 1.40. The van der Waals surface area contributed by atoms with Gasteiger partial charge in [-0.2, -0.15) is 0 Å². The van der Waals surface area contributed by atoms with E-state index < -0.39 is 10.0 Å². The molecule has 12 heavy (non-hydrogen) atoms. The first kappa shape index (κ1) is 9.70. The molecule has 1 aromatic carbocycles. The van der Waals surface area contributed by atoms with Gasteiger partial charge in [-0.1, -0.05) is 15.9 Å². The summed E-state index contributed by atoms with van der Waals surface area (Å²) in [5.74, 6) is 0. The molecule has 0 amide bonds. The van der Waals surface area contributed by atoms with Crippen molar-refractivity contribution in [3.63, 3.8) is 0 Å². The van der Waals surface area contributed by atoms with Crippen molar-refractivity contribution in [3.8, 4) is 0 Å². The number of halogens is 1. The van der Waals surface area contributed by atoms with Crippen molar-refractivity contribution in [2.24, 2.45) is 5.14 Å². The number of benzene rings is 1. The Morgan fingerprint density at radius 2 is 2.00 bits per heavy atom. The first-order valence-corrected chi connectivity index (χ1v) is 5.54. The number of nitrogens with two attached hydrogens (primary N) is 1. The standard InChI is InChI=1S/C7H8BrNO2S/c1-5-4-6(12(9,10)11)2-3-7(5)8/h2-4H,1H3,(H2,9,10,11). The van der Waals surface area contributed by atoms with Crippen LogP contribution in [-0.2, 0) is 10.0 Å². The number of primary sulfonamides is 1. The lowest BCUT2D eigenvalue weighted by Crippen LogP contribution is -2.12. The van der Waals surface area contributed by atoms with Crippen LogP contribution in [0.2, 0.25) is 0 Å². The van der Waals surface area contributed by atoms with E-state index in [4.69, 9.17) is 5.14 Å². The molecule has 1 aromatic rings. The third kappa shape index (κ3) is 2.06. The molecule has 0 spiro atoms. The molecule has 0 saturated carbocycles. The van der Waals surface area contributed by atoms with Gasteiger partial charge < -0.3 is 0 Å². The minimum absolute atomic E-state index is 0.142. The van der Waals surface area contributed by atoms with Crippen LogP contribution in [0.3, 0.4) is 0 Å². The smallest absolute Gasteiger partial charge is 0.225 e. The third-order valence-corrected chi connectivity index (χ3v) is 3.26. The average molecular weight is 250 g/mol. The van der Waals surface area contributed by atoms with Crippen molar-refractivity contribution in [1.29, 1.82) is 0 Å². The average Bonchev–Trinajstić information content (AvgIpc) is 1.92. The third-order valence-electron chi connectivity index (χ3n) is 1.46. The Kier molecular flexibility index (Phi) is 2.55. The lowest BCUT2D eigenvalue weighted by Gasteiger charge is -2.00. The van der Waals surface area contributed by atoms with Gasteiger partial charge in [0.15, 0.2) is 0 Å². The van der Waals surface area contributed by atoms with Crippen molar-refractivity contribution < 1.29 is 8.42 Å². The van der Waals surface area contributed by atoms with Crippen LogP contribution >= 0.6 is 15.9 Å². The molecule has 0 saturated heterocycles. The number of hydrogen-bond acceptors (Lipinski definition) is 2. The Hall–Kier alpha value is -0.390. The summed E-state index contributed by atoms with van der Waals surface area (Å²) in [4.78, 5) is 0.142. The van der Waals surface area contributed by atoms with Crippen LogP contribution in [0.4, 0.5) is 0 Å². The zero-order chi connectivity index (χ0) is 9.35. The maximum Gasteiger partial charge on any atom is 0.238 e. The van der Waals surface area contributed by atoms with E-state index in [0.29, 0.717) is 0 Å². The molecule has 0 fully saturated rings. The van der Waals surface area contributed by atoms with Crippen molar-refractivity contribution in [2.45, 2.75) is 11.8 Å². The first-order chi connectivity index (χ1) is 5.41. The molecule has 0 aromatic heterocycles. The molecule has 0 aliphatic heterocycles. The molecular weight excluding hydrogens is 242 g/mol. The van der Waals surface area contributed by atoms with Crippen molar-refractivity contribution in [2.75, 3.05) is 0 Å². The maximum atomic E-state index is 10.9. The number of aryl methyl sites for hydroxylation is 1. The van der Waals surface area contributed by atoms with Gasteiger partial charge >= 0.3 is 0 Å². The highest BCUT2D eigenvalue weighted by molar-refractivity contribution is 9.10. The summed E-state index contributed by atoms with van der Waals surface area (Å²) in [5.41, 5.74) is 0.849. The van der Waals surface area contributed by atoms with E-state index in [1.54, 1.807) is 13.0 Å². The van der Waals surface area contributed by atoms with Gasteiger partial charge in [-0.3, -0.25) is 0 Å². The van der Waals surface area contributed by atoms with Crippen LogP contribution in [0.15, 0.2) is 27.6 Å². The van der Waals surface area contributed by atoms with E-state index in [2.05, 4.69) is 15.9 Å². The fourth-order valence-electron chi connectivity index (χ4n) is 0.794. The summed E-state index contributed by atoms with van der Waals surface area (Å²) in [6, 6.07) is 4.65. The molecule has 0 aliphatic rings. The fraction of sp³-hybridized carbons (Fsp3) is 0.143. The van der Waals surface area contributed by atoms with Gasteiger partial charge in [0.2, 0.25) is 10.0 Å². The summed E-state index contributed by atoms with van der Waals surface area (Å²) < 4.78 is 22.6. The highest BCUT2D eigenvalue weighted by atomic mass is 79.9. The SMILES string of the molecule is Cc1cc(S(N)(=O)=O)ccc1Br. The molecule has 66 valence electrons. The van der Waals surface area contributed by atoms with E-state index in [1.807, 2.05) is 0 Å². The van der Waals surface area contributed by atoms with Crippen molar-refractivity contribution >= 4 is 26.0 Å². The van der Waals surface area contributed by atoms with Crippen LogP contribution in [0.5, 0.6) is 0 Å². The van der Waals surface area contributed by atoms with Crippen LogP contribution in [-0.4, -0.2) is 8.42 Å². The van der Waals surface area contributed by atoms with Crippen LogP contribution in [0, 0.1) is 6.92 Å². The number of rotatable bonds is 1. The Bertz CT molecular complexity index is 400. The fourth-order valence-corrected chi connectivity index (χ4v) is 1.64. The molecule has 0 unspecified atom stereocenters. The number of hydrogen-bond donors (Lipinski definition) is 1. The zero-order valence-corrected chi connectivity index (χ0v) is 8.81. The summed E-state index contributed by atoms with van der Waals surface area (Å²) in [7, 11) is -3.56. The van der Waals surface area contributed by atoms with Crippen LogP contribution in [0.1, 0.15) is 5.56 Å². The minimum Gasteiger partial charge on any atom is -0.225 e. The van der Waals surface area contributed by atoms with Crippen LogP contribution < -0.4 is 5.14 Å². The lowest BCUT2D eigenvalue weighted by atomic mass is 10.2. The lowest BCUT2D eigenvalue weighted by molar-refractivity contribution is 0.597. The normalized spacial score (nSPS) is 11.6. The summed E-state index contributed by atoms with van der Waals surface area (Å²) >= 11 is 3.26. The van der Waals surface area contributed by atoms with Gasteiger partial charge in [-0.25, -0.2) is 13.6 Å². The molecular formula is C7H8BrNO2S. The molecule has 0 aliphatic carbocycles. The van der Waals surface area contributed by atoms with Gasteiger partial charge in [-0.05, 0) is 30.7 Å². The van der Waals surface area contributed by atoms with E-state index in [-0.39, 0.29) is 4.90 Å². The highest BCUT2D eigenvalue weighted by Crippen LogP contribution is 2.18. The van der Waals surface area contributed by atoms with Gasteiger partial charge in [0, 0.05) is 4.47 Å². The quantitative estimate of drug-likeness (QED) is 0.819. The summed E-state index contributed by atoms with van der Waals surface area (Å²) in [6.07, 6.45) is 0. The molecule has 5 heteroatoms. The van der Waals surface area contributed by atoms with Crippen molar-refractivity contribution in [3.05, 3.63) is 28.2 Å². The van der Waals surface area contributed by atoms with Gasteiger partial charge in [0.05, 0.1) is 4.90 Å². The van der Waals surface area contributed by atoms with E-state index in [9.17, 15) is 8.42 Å². The largest absolute Gasteiger partial charge is 0.238 e. The van der Waals surface area contributed by atoms with E-state index in [1.165, 1.54) is 12.1 Å². The maximum absolute atomic E-state index is 10.9. The second-order valence-corrected chi connectivity index (χ2v) is 4.87. The summed E-state index contributed by atoms with van der Waals surface area (Å²) in [5, 5.41) is 4.93. The Morgan fingerprint density at radius 3 is 2.42 bits per heavy atom. The molecule has 0 radical (unpaired) electrons. The van der Waals surface area contributed by atoms with Crippen LogP contribution in [0.25, 0.3) is 0 Å². The molecule has 0 heterocycles. The molecule has 2 N–H and O–H groups in total. The molecule has 0 bridgehead atoms. The van der Waals surface area contributed by atoms with E-state index in [0.717, 1.165) is 10.0 Å². The Labute approximate surface area is 79.8 Å². The highest BCUT2D eigenvalue weighted by Gasteiger charge is 2.07. The Balaban J connectivity index is 3.33. The first-order valence-electron chi connectivity index (χ1n) is 3.20. The Morgan fingerprint density at radius 1 is 1.42 bits per heavy atom. The minimum atomic E-state index is -3.56. The zero-order valence-electron chi connectivity index (χ0n) is 6.41. The van der Waals surface area contributed by atoms with Gasteiger partial charge in [0.1, 0.15) is 0 Å². The molecule has 1 rings (SSSR count). The second kappa shape index (κ2) is 3.16. The van der Waals surface area contributed by atoms with E-state index >= 15 is 0 Å². The van der Waals surface area contributed by atoms with Crippen molar-refractivity contribution in [1.82, 2.24) is 0 Å². The summed E-state index contributed by atoms with van der Waals surface area (Å²) in [6.45, 7) is 1.80. The monoisotopic (exact) mass is 249 g/mol. The van der Waals surface area contributed by atoms with Gasteiger partial charge in [-0.15, -0.1) is 0 Å². The number of sulfonamides is 1. The second-order valence-electron chi connectivity index (χ2n) is 2.46.